The average molecular weight is 446 g/mol. The van der Waals surface area contributed by atoms with E-state index in [9.17, 15) is 4.79 Å². The largest absolute Gasteiger partial charge is 0.462 e. The molecule has 4 aliphatic rings. The zero-order valence-electron chi connectivity index (χ0n) is 21.9. The lowest BCUT2D eigenvalue weighted by molar-refractivity contribution is -0.189. The molecule has 4 aliphatic carbocycles. The lowest BCUT2D eigenvalue weighted by Gasteiger charge is -2.63. The smallest absolute Gasteiger partial charge is 0.302 e. The highest BCUT2D eigenvalue weighted by Gasteiger charge is 2.63. The van der Waals surface area contributed by atoms with Crippen LogP contribution in [0, 0.1) is 52.3 Å². The Balaban J connectivity index is 1.57. The van der Waals surface area contributed by atoms with Crippen molar-refractivity contribution in [2.45, 2.75) is 124 Å². The van der Waals surface area contributed by atoms with E-state index in [0.29, 0.717) is 34.6 Å². The van der Waals surface area contributed by atoms with Crippen molar-refractivity contribution >= 4 is 5.97 Å². The molecule has 0 aromatic rings. The lowest BCUT2D eigenvalue weighted by atomic mass is 9.43. The molecule has 0 saturated heterocycles. The summed E-state index contributed by atoms with van der Waals surface area (Å²) in [5, 5.41) is 0. The minimum absolute atomic E-state index is 0.0821. The van der Waals surface area contributed by atoms with E-state index in [1.807, 2.05) is 0 Å². The third-order valence-corrected chi connectivity index (χ3v) is 11.2. The number of carbonyl (C=O) groups excluding carboxylic acids is 1. The van der Waals surface area contributed by atoms with Crippen molar-refractivity contribution in [1.29, 1.82) is 0 Å². The summed E-state index contributed by atoms with van der Waals surface area (Å²) in [6.07, 6.45) is 14.3. The van der Waals surface area contributed by atoms with Crippen LogP contribution in [0.3, 0.4) is 0 Å². The molecule has 0 spiro atoms. The predicted molar refractivity (Wildman–Crippen MR) is 132 cm³/mol. The molecule has 0 aromatic heterocycles. The third kappa shape index (κ3) is 4.29. The van der Waals surface area contributed by atoms with Crippen molar-refractivity contribution in [1.82, 2.24) is 0 Å². The molecule has 0 amide bonds. The van der Waals surface area contributed by atoms with Crippen molar-refractivity contribution in [3.63, 3.8) is 0 Å². The SMILES string of the molecule is CC(=O)O[C@@H]1C[C@H]2CC(N)CC[C@]2(C)C2CC[C@@]3(C)C(CC[C@@H]3C(C)CCCC(C)C)C21. The molecule has 3 nitrogen and oxygen atoms in total. The van der Waals surface area contributed by atoms with Crippen molar-refractivity contribution in [2.24, 2.45) is 58.0 Å². The molecule has 0 aliphatic heterocycles. The van der Waals surface area contributed by atoms with E-state index in [-0.39, 0.29) is 12.1 Å². The summed E-state index contributed by atoms with van der Waals surface area (Å²) in [4.78, 5) is 12.2. The van der Waals surface area contributed by atoms with Crippen LogP contribution < -0.4 is 5.73 Å². The number of esters is 1. The van der Waals surface area contributed by atoms with Gasteiger partial charge < -0.3 is 10.5 Å². The monoisotopic (exact) mass is 445 g/mol. The topological polar surface area (TPSA) is 52.3 Å². The molecule has 0 aromatic carbocycles. The van der Waals surface area contributed by atoms with Crippen molar-refractivity contribution in [3.05, 3.63) is 0 Å². The number of fused-ring (bicyclic) bond motifs is 5. The fraction of sp³-hybridized carbons (Fsp3) is 0.966. The molecule has 184 valence electrons. The summed E-state index contributed by atoms with van der Waals surface area (Å²) < 4.78 is 6.15. The van der Waals surface area contributed by atoms with Crippen molar-refractivity contribution in [2.75, 3.05) is 0 Å². The van der Waals surface area contributed by atoms with Crippen LogP contribution in [0.5, 0.6) is 0 Å². The van der Waals surface area contributed by atoms with Gasteiger partial charge in [-0.05, 0) is 97.7 Å². The van der Waals surface area contributed by atoms with Gasteiger partial charge in [0.05, 0.1) is 0 Å². The number of hydrogen-bond acceptors (Lipinski definition) is 3. The fourth-order valence-corrected chi connectivity index (χ4v) is 9.59. The first-order valence-electron chi connectivity index (χ1n) is 14.0. The minimum atomic E-state index is -0.0821. The van der Waals surface area contributed by atoms with Gasteiger partial charge in [0.25, 0.3) is 0 Å². The summed E-state index contributed by atoms with van der Waals surface area (Å²) in [5.41, 5.74) is 7.23. The van der Waals surface area contributed by atoms with Crippen LogP contribution in [0.1, 0.15) is 112 Å². The van der Waals surface area contributed by atoms with Gasteiger partial charge in [0.15, 0.2) is 0 Å². The number of nitrogens with two attached hydrogens (primary N) is 1. The molecule has 2 N–H and O–H groups in total. The molecule has 0 radical (unpaired) electrons. The first-order chi connectivity index (χ1) is 15.1. The van der Waals surface area contributed by atoms with E-state index in [4.69, 9.17) is 10.5 Å². The molecule has 0 bridgehead atoms. The number of ether oxygens (including phenoxy) is 1. The maximum Gasteiger partial charge on any atom is 0.302 e. The van der Waals surface area contributed by atoms with Gasteiger partial charge in [-0.25, -0.2) is 0 Å². The van der Waals surface area contributed by atoms with Gasteiger partial charge in [0.2, 0.25) is 0 Å². The van der Waals surface area contributed by atoms with E-state index in [1.165, 1.54) is 57.8 Å². The molecule has 4 fully saturated rings. The number of carbonyl (C=O) groups is 1. The van der Waals surface area contributed by atoms with Gasteiger partial charge >= 0.3 is 5.97 Å². The Morgan fingerprint density at radius 1 is 0.969 bits per heavy atom. The molecule has 4 saturated carbocycles. The Kier molecular flexibility index (Phi) is 7.08. The highest BCUT2D eigenvalue weighted by molar-refractivity contribution is 5.66. The highest BCUT2D eigenvalue weighted by Crippen LogP contribution is 2.68. The number of rotatable bonds is 6. The number of hydrogen-bond donors (Lipinski definition) is 1. The molecule has 3 heteroatoms. The standard InChI is InChI=1S/C29H51NO2/c1-18(2)8-7-9-19(3)23-10-11-24-27-25(13-15-29(23,24)6)28(5)14-12-22(30)16-21(28)17-26(27)32-20(4)31/h18-19,21-27H,7-17,30H2,1-6H3/t19?,21-,22?,23-,24?,25?,26-,27?,28+,29-/m1/s1. The van der Waals surface area contributed by atoms with Crippen LogP contribution in [0.15, 0.2) is 0 Å². The van der Waals surface area contributed by atoms with Crippen LogP contribution in [0.25, 0.3) is 0 Å². The van der Waals surface area contributed by atoms with Crippen LogP contribution in [0.2, 0.25) is 0 Å². The summed E-state index contributed by atoms with van der Waals surface area (Å²) in [6, 6.07) is 0.332. The first kappa shape index (κ1) is 24.6. The second-order valence-corrected chi connectivity index (χ2v) is 13.4. The van der Waals surface area contributed by atoms with Gasteiger partial charge in [0, 0.05) is 18.9 Å². The Hall–Kier alpha value is -0.570. The van der Waals surface area contributed by atoms with Gasteiger partial charge in [-0.2, -0.15) is 0 Å². The minimum Gasteiger partial charge on any atom is -0.462 e. The van der Waals surface area contributed by atoms with Gasteiger partial charge in [-0.15, -0.1) is 0 Å². The molecule has 10 atom stereocenters. The van der Waals surface area contributed by atoms with Crippen molar-refractivity contribution in [3.8, 4) is 0 Å². The van der Waals surface area contributed by atoms with E-state index in [1.54, 1.807) is 6.92 Å². The molecular formula is C29H51NO2. The zero-order chi connectivity index (χ0) is 23.3. The normalized spacial score (nSPS) is 46.8. The summed E-state index contributed by atoms with van der Waals surface area (Å²) in [6.45, 7) is 14.1. The van der Waals surface area contributed by atoms with Crippen molar-refractivity contribution < 1.29 is 9.53 Å². The predicted octanol–water partition coefficient (Wildman–Crippen LogP) is 6.98. The molecule has 0 heterocycles. The van der Waals surface area contributed by atoms with E-state index >= 15 is 0 Å². The van der Waals surface area contributed by atoms with Crippen LogP contribution >= 0.6 is 0 Å². The van der Waals surface area contributed by atoms with Gasteiger partial charge in [-0.1, -0.05) is 53.9 Å². The molecule has 4 rings (SSSR count). The maximum atomic E-state index is 12.2. The Morgan fingerprint density at radius 3 is 2.34 bits per heavy atom. The van der Waals surface area contributed by atoms with E-state index in [0.717, 1.165) is 36.5 Å². The quantitative estimate of drug-likeness (QED) is 0.449. The second-order valence-electron chi connectivity index (χ2n) is 13.4. The van der Waals surface area contributed by atoms with E-state index in [2.05, 4.69) is 34.6 Å². The molecular weight excluding hydrogens is 394 g/mol. The first-order valence-corrected chi connectivity index (χ1v) is 14.0. The maximum absolute atomic E-state index is 12.2. The van der Waals surface area contributed by atoms with Crippen LogP contribution in [-0.4, -0.2) is 18.1 Å². The van der Waals surface area contributed by atoms with E-state index < -0.39 is 0 Å². The second kappa shape index (κ2) is 9.23. The lowest BCUT2D eigenvalue weighted by Crippen LogP contribution is -2.59. The Bertz CT molecular complexity index is 676. The summed E-state index contributed by atoms with van der Waals surface area (Å²) in [7, 11) is 0. The van der Waals surface area contributed by atoms with Crippen LogP contribution in [0.4, 0.5) is 0 Å². The highest BCUT2D eigenvalue weighted by atomic mass is 16.5. The Morgan fingerprint density at radius 2 is 1.66 bits per heavy atom. The average Bonchev–Trinajstić information content (AvgIpc) is 3.05. The van der Waals surface area contributed by atoms with Gasteiger partial charge in [0.1, 0.15) is 6.10 Å². The van der Waals surface area contributed by atoms with Crippen LogP contribution in [-0.2, 0) is 9.53 Å². The fourth-order valence-electron chi connectivity index (χ4n) is 9.59. The molecule has 5 unspecified atom stereocenters. The molecule has 32 heavy (non-hydrogen) atoms. The zero-order valence-corrected chi connectivity index (χ0v) is 21.9. The van der Waals surface area contributed by atoms with Gasteiger partial charge in [-0.3, -0.25) is 4.79 Å². The summed E-state index contributed by atoms with van der Waals surface area (Å²) in [5.74, 6) is 4.98. The summed E-state index contributed by atoms with van der Waals surface area (Å²) >= 11 is 0. The Labute approximate surface area is 198 Å². The third-order valence-electron chi connectivity index (χ3n) is 11.2.